The van der Waals surface area contributed by atoms with Crippen LogP contribution in [0.3, 0.4) is 0 Å². The van der Waals surface area contributed by atoms with Crippen molar-refractivity contribution in [3.63, 3.8) is 0 Å². The molecule has 2 aromatic carbocycles. The highest BCUT2D eigenvalue weighted by Crippen LogP contribution is 2.28. The standard InChI is InChI=1S/C20H20N2O2/c23-10-2-5-13-3-1-4-14-11-15(6-8-17(13)14)20(24)22-19-12-16-7-9-18(19)21-16/h1,3-4,6,8,11,16,18-19,21,23H,7,9-10,12H2,(H,22,24). The summed E-state index contributed by atoms with van der Waals surface area (Å²) in [5.41, 5.74) is 1.54. The van der Waals surface area contributed by atoms with E-state index >= 15 is 0 Å². The van der Waals surface area contributed by atoms with Gasteiger partial charge in [-0.2, -0.15) is 0 Å². The van der Waals surface area contributed by atoms with E-state index in [0.29, 0.717) is 17.6 Å². The molecule has 3 atom stereocenters. The molecule has 3 N–H and O–H groups in total. The molecule has 2 aliphatic heterocycles. The van der Waals surface area contributed by atoms with Crippen LogP contribution < -0.4 is 10.6 Å². The van der Waals surface area contributed by atoms with Crippen molar-refractivity contribution >= 4 is 16.7 Å². The Balaban J connectivity index is 1.57. The van der Waals surface area contributed by atoms with Crippen LogP contribution in [0.5, 0.6) is 0 Å². The zero-order valence-electron chi connectivity index (χ0n) is 13.4. The van der Waals surface area contributed by atoms with Gasteiger partial charge >= 0.3 is 0 Å². The summed E-state index contributed by atoms with van der Waals surface area (Å²) >= 11 is 0. The maximum absolute atomic E-state index is 12.6. The van der Waals surface area contributed by atoms with Crippen LogP contribution in [0.15, 0.2) is 36.4 Å². The molecule has 4 nitrogen and oxygen atoms in total. The second-order valence-corrected chi connectivity index (χ2v) is 6.56. The van der Waals surface area contributed by atoms with Crippen LogP contribution in [0.2, 0.25) is 0 Å². The highest BCUT2D eigenvalue weighted by Gasteiger charge is 2.39. The van der Waals surface area contributed by atoms with Crippen LogP contribution in [0, 0.1) is 11.8 Å². The van der Waals surface area contributed by atoms with Gasteiger partial charge in [0.25, 0.3) is 5.91 Å². The van der Waals surface area contributed by atoms with Gasteiger partial charge in [0.1, 0.15) is 6.61 Å². The van der Waals surface area contributed by atoms with E-state index in [2.05, 4.69) is 22.5 Å². The number of hydrogen-bond acceptors (Lipinski definition) is 3. The molecule has 2 fully saturated rings. The Labute approximate surface area is 141 Å². The van der Waals surface area contributed by atoms with Gasteiger partial charge in [-0.15, -0.1) is 0 Å². The fraction of sp³-hybridized carbons (Fsp3) is 0.350. The average Bonchev–Trinajstić information content (AvgIpc) is 3.22. The van der Waals surface area contributed by atoms with E-state index in [0.717, 1.165) is 29.2 Å². The summed E-state index contributed by atoms with van der Waals surface area (Å²) in [4.78, 5) is 12.6. The predicted molar refractivity (Wildman–Crippen MR) is 93.7 cm³/mol. The molecule has 0 aliphatic carbocycles. The normalized spacial score (nSPS) is 24.6. The van der Waals surface area contributed by atoms with Crippen molar-refractivity contribution in [2.75, 3.05) is 6.61 Å². The lowest BCUT2D eigenvalue weighted by molar-refractivity contribution is 0.0931. The van der Waals surface area contributed by atoms with Crippen LogP contribution in [0.25, 0.3) is 10.8 Å². The third kappa shape index (κ3) is 2.77. The topological polar surface area (TPSA) is 61.4 Å². The Morgan fingerprint density at radius 1 is 1.29 bits per heavy atom. The molecule has 2 bridgehead atoms. The van der Waals surface area contributed by atoms with Gasteiger partial charge in [0.15, 0.2) is 0 Å². The zero-order chi connectivity index (χ0) is 16.5. The largest absolute Gasteiger partial charge is 0.384 e. The summed E-state index contributed by atoms with van der Waals surface area (Å²) in [7, 11) is 0. The number of benzene rings is 2. The first kappa shape index (κ1) is 15.2. The second-order valence-electron chi connectivity index (χ2n) is 6.56. The van der Waals surface area contributed by atoms with Crippen LogP contribution in [0.4, 0.5) is 0 Å². The third-order valence-electron chi connectivity index (χ3n) is 5.06. The lowest BCUT2D eigenvalue weighted by atomic mass is 9.95. The van der Waals surface area contributed by atoms with Gasteiger partial charge in [-0.05, 0) is 48.2 Å². The average molecular weight is 320 g/mol. The van der Waals surface area contributed by atoms with E-state index in [-0.39, 0.29) is 18.6 Å². The summed E-state index contributed by atoms with van der Waals surface area (Å²) < 4.78 is 0. The minimum absolute atomic E-state index is 0.0110. The summed E-state index contributed by atoms with van der Waals surface area (Å²) in [6, 6.07) is 12.8. The number of nitrogens with one attached hydrogen (secondary N) is 2. The second kappa shape index (κ2) is 6.27. The van der Waals surface area contributed by atoms with Crippen LogP contribution >= 0.6 is 0 Å². The summed E-state index contributed by atoms with van der Waals surface area (Å²) in [6.07, 6.45) is 3.41. The van der Waals surface area contributed by atoms with Crippen molar-refractivity contribution in [2.24, 2.45) is 0 Å². The molecule has 0 aromatic heterocycles. The molecule has 2 saturated heterocycles. The van der Waals surface area contributed by atoms with E-state index in [1.807, 2.05) is 36.4 Å². The van der Waals surface area contributed by atoms with Crippen molar-refractivity contribution in [3.05, 3.63) is 47.5 Å². The van der Waals surface area contributed by atoms with E-state index in [1.54, 1.807) is 0 Å². The molecule has 122 valence electrons. The minimum Gasteiger partial charge on any atom is -0.384 e. The van der Waals surface area contributed by atoms with Crippen LogP contribution in [-0.4, -0.2) is 35.7 Å². The summed E-state index contributed by atoms with van der Waals surface area (Å²) in [6.45, 7) is -0.158. The van der Waals surface area contributed by atoms with E-state index in [4.69, 9.17) is 5.11 Å². The number of hydrogen-bond donors (Lipinski definition) is 3. The van der Waals surface area contributed by atoms with Crippen molar-refractivity contribution in [1.82, 2.24) is 10.6 Å². The lowest BCUT2D eigenvalue weighted by Crippen LogP contribution is -2.42. The third-order valence-corrected chi connectivity index (χ3v) is 5.06. The Morgan fingerprint density at radius 3 is 2.96 bits per heavy atom. The van der Waals surface area contributed by atoms with Gasteiger partial charge < -0.3 is 15.7 Å². The molecule has 4 rings (SSSR count). The van der Waals surface area contributed by atoms with Gasteiger partial charge in [0.05, 0.1) is 0 Å². The Hall–Kier alpha value is -2.35. The quantitative estimate of drug-likeness (QED) is 0.740. The van der Waals surface area contributed by atoms with Gasteiger partial charge in [-0.3, -0.25) is 4.79 Å². The SMILES string of the molecule is O=C(NC1CC2CCC1N2)c1ccc2c(C#CCO)cccc2c1. The maximum atomic E-state index is 12.6. The first-order valence-corrected chi connectivity index (χ1v) is 8.44. The number of carbonyl (C=O) groups is 1. The molecule has 0 spiro atoms. The molecule has 24 heavy (non-hydrogen) atoms. The Morgan fingerprint density at radius 2 is 2.21 bits per heavy atom. The maximum Gasteiger partial charge on any atom is 0.251 e. The first-order valence-electron chi connectivity index (χ1n) is 8.44. The minimum atomic E-state index is -0.158. The van der Waals surface area contributed by atoms with E-state index < -0.39 is 0 Å². The molecule has 2 heterocycles. The number of carbonyl (C=O) groups excluding carboxylic acids is 1. The van der Waals surface area contributed by atoms with Crippen LogP contribution in [0.1, 0.15) is 35.2 Å². The smallest absolute Gasteiger partial charge is 0.251 e. The van der Waals surface area contributed by atoms with Crippen LogP contribution in [-0.2, 0) is 0 Å². The number of amides is 1. The molecule has 2 aliphatic rings. The molecule has 3 unspecified atom stereocenters. The van der Waals surface area contributed by atoms with E-state index in [1.165, 1.54) is 6.42 Å². The molecule has 2 aromatic rings. The predicted octanol–water partition coefficient (Wildman–Crippen LogP) is 1.81. The lowest BCUT2D eigenvalue weighted by Gasteiger charge is -2.21. The number of aliphatic hydroxyl groups is 1. The fourth-order valence-corrected chi connectivity index (χ4v) is 3.90. The summed E-state index contributed by atoms with van der Waals surface area (Å²) in [5, 5.41) is 17.6. The molecular formula is C20H20N2O2. The molecule has 4 heteroatoms. The highest BCUT2D eigenvalue weighted by atomic mass is 16.2. The highest BCUT2D eigenvalue weighted by molar-refractivity contribution is 6.00. The van der Waals surface area contributed by atoms with Gasteiger partial charge in [0, 0.05) is 29.3 Å². The van der Waals surface area contributed by atoms with Gasteiger partial charge in [-0.25, -0.2) is 0 Å². The molecule has 0 saturated carbocycles. The molecular weight excluding hydrogens is 300 g/mol. The zero-order valence-corrected chi connectivity index (χ0v) is 13.4. The Kier molecular flexibility index (Phi) is 3.97. The Bertz CT molecular complexity index is 850. The molecule has 0 radical (unpaired) electrons. The van der Waals surface area contributed by atoms with Crippen molar-refractivity contribution in [2.45, 2.75) is 37.4 Å². The van der Waals surface area contributed by atoms with Gasteiger partial charge in [0.2, 0.25) is 0 Å². The number of rotatable bonds is 2. The fourth-order valence-electron chi connectivity index (χ4n) is 3.90. The van der Waals surface area contributed by atoms with Crippen molar-refractivity contribution in [1.29, 1.82) is 0 Å². The van der Waals surface area contributed by atoms with Crippen molar-refractivity contribution in [3.8, 4) is 11.8 Å². The molecule has 1 amide bonds. The summed E-state index contributed by atoms with van der Waals surface area (Å²) in [5.74, 6) is 5.62. The monoisotopic (exact) mass is 320 g/mol. The first-order chi connectivity index (χ1) is 11.7. The number of fused-ring (bicyclic) bond motifs is 3. The van der Waals surface area contributed by atoms with Crippen molar-refractivity contribution < 1.29 is 9.90 Å². The van der Waals surface area contributed by atoms with E-state index in [9.17, 15) is 4.79 Å². The van der Waals surface area contributed by atoms with Gasteiger partial charge in [-0.1, -0.05) is 30.0 Å². The number of aliphatic hydroxyl groups excluding tert-OH is 1.